The first kappa shape index (κ1) is 19.0. The Morgan fingerprint density at radius 3 is 2.75 bits per heavy atom. The molecule has 0 saturated carbocycles. The van der Waals surface area contributed by atoms with Gasteiger partial charge in [-0.05, 0) is 25.1 Å². The smallest absolute Gasteiger partial charge is 0.295 e. The number of anilines is 1. The number of aromatic nitrogens is 2. The quantitative estimate of drug-likeness (QED) is 0.393. The number of benzene rings is 2. The number of nitro groups is 1. The van der Waals surface area contributed by atoms with Crippen molar-refractivity contribution in [3.63, 3.8) is 0 Å². The molecule has 10 heteroatoms. The minimum absolute atomic E-state index is 0.0842. The van der Waals surface area contributed by atoms with Crippen LogP contribution >= 0.6 is 0 Å². The summed E-state index contributed by atoms with van der Waals surface area (Å²) in [5, 5.41) is 11.4. The number of nitro benzene ring substituents is 1. The molecule has 1 aromatic heterocycles. The van der Waals surface area contributed by atoms with E-state index in [1.54, 1.807) is 31.2 Å². The number of nitrogens with two attached hydrogens (primary N) is 1. The van der Waals surface area contributed by atoms with Gasteiger partial charge in [0.1, 0.15) is 17.3 Å². The van der Waals surface area contributed by atoms with Crippen LogP contribution in [-0.2, 0) is 6.54 Å². The van der Waals surface area contributed by atoms with Gasteiger partial charge in [0.25, 0.3) is 17.2 Å². The Kier molecular flexibility index (Phi) is 5.03. The zero-order valence-electron chi connectivity index (χ0n) is 14.8. The van der Waals surface area contributed by atoms with Gasteiger partial charge in [-0.1, -0.05) is 12.1 Å². The number of H-pyrrole nitrogens is 1. The number of para-hydroxylation sites is 1. The Bertz CT molecular complexity index is 1140. The fourth-order valence-electron chi connectivity index (χ4n) is 2.82. The summed E-state index contributed by atoms with van der Waals surface area (Å²) in [5.41, 5.74) is 4.39. The van der Waals surface area contributed by atoms with Gasteiger partial charge < -0.3 is 15.6 Å². The number of carbonyl (C=O) groups excluding carboxylic acids is 1. The van der Waals surface area contributed by atoms with Crippen molar-refractivity contribution in [2.45, 2.75) is 13.5 Å². The summed E-state index contributed by atoms with van der Waals surface area (Å²) in [6.07, 6.45) is 0. The number of halogens is 1. The van der Waals surface area contributed by atoms with E-state index in [1.807, 2.05) is 0 Å². The molecule has 3 rings (SSSR count). The highest BCUT2D eigenvalue weighted by Crippen LogP contribution is 2.28. The summed E-state index contributed by atoms with van der Waals surface area (Å²) in [4.78, 5) is 43.3. The summed E-state index contributed by atoms with van der Waals surface area (Å²) < 4.78 is 13.8. The Morgan fingerprint density at radius 2 is 2.07 bits per heavy atom. The largest absolute Gasteiger partial charge is 0.393 e. The van der Waals surface area contributed by atoms with Crippen molar-refractivity contribution >= 4 is 28.2 Å². The van der Waals surface area contributed by atoms with E-state index in [0.29, 0.717) is 17.0 Å². The molecule has 0 radical (unpaired) electrons. The van der Waals surface area contributed by atoms with Gasteiger partial charge in [-0.2, -0.15) is 0 Å². The first-order valence-electron chi connectivity index (χ1n) is 8.32. The average molecular weight is 385 g/mol. The molecule has 0 aliphatic rings. The number of nitrogen functional groups attached to an aromatic ring is 1. The van der Waals surface area contributed by atoms with E-state index in [2.05, 4.69) is 9.97 Å². The van der Waals surface area contributed by atoms with E-state index in [9.17, 15) is 24.1 Å². The van der Waals surface area contributed by atoms with E-state index in [4.69, 9.17) is 5.73 Å². The second kappa shape index (κ2) is 7.43. The molecule has 1 heterocycles. The van der Waals surface area contributed by atoms with Gasteiger partial charge in [0.15, 0.2) is 0 Å². The molecule has 28 heavy (non-hydrogen) atoms. The van der Waals surface area contributed by atoms with Gasteiger partial charge in [-0.15, -0.1) is 0 Å². The highest BCUT2D eigenvalue weighted by Gasteiger charge is 2.25. The predicted molar refractivity (Wildman–Crippen MR) is 100 cm³/mol. The third kappa shape index (κ3) is 3.52. The minimum Gasteiger partial charge on any atom is -0.393 e. The fraction of sp³-hybridized carbons (Fsp3) is 0.167. The summed E-state index contributed by atoms with van der Waals surface area (Å²) in [6.45, 7) is 1.76. The maximum absolute atomic E-state index is 13.8. The van der Waals surface area contributed by atoms with Crippen LogP contribution in [0.4, 0.5) is 15.8 Å². The van der Waals surface area contributed by atoms with Gasteiger partial charge in [0.2, 0.25) is 0 Å². The molecule has 9 nitrogen and oxygen atoms in total. The van der Waals surface area contributed by atoms with Crippen LogP contribution in [0.15, 0.2) is 41.2 Å². The summed E-state index contributed by atoms with van der Waals surface area (Å²) in [5.74, 6) is -1.43. The molecule has 144 valence electrons. The second-order valence-electron chi connectivity index (χ2n) is 5.99. The molecule has 3 N–H and O–H groups in total. The van der Waals surface area contributed by atoms with E-state index in [-0.39, 0.29) is 30.0 Å². The third-order valence-electron chi connectivity index (χ3n) is 4.22. The molecule has 3 aromatic rings. The first-order valence-corrected chi connectivity index (χ1v) is 8.32. The van der Waals surface area contributed by atoms with Crippen LogP contribution in [-0.4, -0.2) is 32.2 Å². The van der Waals surface area contributed by atoms with Crippen molar-refractivity contribution in [1.82, 2.24) is 14.9 Å². The van der Waals surface area contributed by atoms with Crippen LogP contribution in [0.3, 0.4) is 0 Å². The zero-order chi connectivity index (χ0) is 20.4. The molecule has 0 spiro atoms. The van der Waals surface area contributed by atoms with E-state index < -0.39 is 28.0 Å². The molecule has 0 unspecified atom stereocenters. The standard InChI is InChI=1S/C18H16FN5O4/c1-2-23(9-15-21-13-6-4-3-5-11(13)17(25)22-15)18(26)12-7-10(19)8-14(16(12)20)24(27)28/h3-8H,2,9,20H2,1H3,(H,21,22,25). The van der Waals surface area contributed by atoms with E-state index in [0.717, 1.165) is 6.07 Å². The molecular weight excluding hydrogens is 369 g/mol. The topological polar surface area (TPSA) is 135 Å². The number of amides is 1. The number of carbonyl (C=O) groups is 1. The monoisotopic (exact) mass is 385 g/mol. The van der Waals surface area contributed by atoms with Crippen molar-refractivity contribution in [2.75, 3.05) is 12.3 Å². The van der Waals surface area contributed by atoms with Crippen LogP contribution in [0.25, 0.3) is 10.9 Å². The van der Waals surface area contributed by atoms with Gasteiger partial charge in [-0.25, -0.2) is 9.37 Å². The number of rotatable bonds is 5. The van der Waals surface area contributed by atoms with Crippen molar-refractivity contribution < 1.29 is 14.1 Å². The van der Waals surface area contributed by atoms with Crippen molar-refractivity contribution in [2.24, 2.45) is 0 Å². The summed E-state index contributed by atoms with van der Waals surface area (Å²) in [7, 11) is 0. The highest BCUT2D eigenvalue weighted by atomic mass is 19.1. The van der Waals surface area contributed by atoms with Crippen LogP contribution in [0.5, 0.6) is 0 Å². The lowest BCUT2D eigenvalue weighted by Gasteiger charge is -2.21. The van der Waals surface area contributed by atoms with Gasteiger partial charge >= 0.3 is 0 Å². The van der Waals surface area contributed by atoms with Crippen LogP contribution in [0.1, 0.15) is 23.1 Å². The lowest BCUT2D eigenvalue weighted by molar-refractivity contribution is -0.384. The zero-order valence-corrected chi connectivity index (χ0v) is 14.8. The van der Waals surface area contributed by atoms with E-state index in [1.165, 1.54) is 4.90 Å². The van der Waals surface area contributed by atoms with Crippen LogP contribution < -0.4 is 11.3 Å². The average Bonchev–Trinajstić information content (AvgIpc) is 2.67. The summed E-state index contributed by atoms with van der Waals surface area (Å²) in [6, 6.07) is 8.24. The number of aromatic amines is 1. The number of nitrogens with zero attached hydrogens (tertiary/aromatic N) is 3. The SMILES string of the molecule is CCN(Cc1nc2ccccc2c(=O)[nH]1)C(=O)c1cc(F)cc([N+](=O)[O-])c1N. The number of hydrogen-bond donors (Lipinski definition) is 2. The highest BCUT2D eigenvalue weighted by molar-refractivity contribution is 6.01. The molecule has 1 amide bonds. The minimum atomic E-state index is -0.947. The molecule has 0 bridgehead atoms. The fourth-order valence-corrected chi connectivity index (χ4v) is 2.82. The number of nitrogens with one attached hydrogen (secondary N) is 1. The van der Waals surface area contributed by atoms with Gasteiger partial charge in [-0.3, -0.25) is 19.7 Å². The summed E-state index contributed by atoms with van der Waals surface area (Å²) >= 11 is 0. The Hall–Kier alpha value is -3.82. The Balaban J connectivity index is 1.98. The molecule has 0 atom stereocenters. The third-order valence-corrected chi connectivity index (χ3v) is 4.22. The Morgan fingerprint density at radius 1 is 1.36 bits per heavy atom. The van der Waals surface area contributed by atoms with Crippen molar-refractivity contribution in [1.29, 1.82) is 0 Å². The van der Waals surface area contributed by atoms with Gasteiger partial charge in [0.05, 0.1) is 34.0 Å². The maximum atomic E-state index is 13.8. The molecular formula is C18H16FN5O4. The number of hydrogen-bond acceptors (Lipinski definition) is 6. The molecule has 0 aliphatic heterocycles. The number of fused-ring (bicyclic) bond motifs is 1. The Labute approximate surface area is 157 Å². The molecule has 0 saturated heterocycles. The van der Waals surface area contributed by atoms with Gasteiger partial charge in [0, 0.05) is 6.54 Å². The maximum Gasteiger partial charge on any atom is 0.295 e. The lowest BCUT2D eigenvalue weighted by atomic mass is 10.1. The van der Waals surface area contributed by atoms with Crippen molar-refractivity contribution in [3.8, 4) is 0 Å². The predicted octanol–water partition coefficient (Wildman–Crippen LogP) is 2.21. The van der Waals surface area contributed by atoms with Crippen molar-refractivity contribution in [3.05, 3.63) is 74.1 Å². The molecule has 0 aliphatic carbocycles. The lowest BCUT2D eigenvalue weighted by Crippen LogP contribution is -2.32. The van der Waals surface area contributed by atoms with Crippen LogP contribution in [0, 0.1) is 15.9 Å². The molecule has 2 aromatic carbocycles. The first-order chi connectivity index (χ1) is 13.3. The second-order valence-corrected chi connectivity index (χ2v) is 5.99. The normalized spacial score (nSPS) is 10.8. The van der Waals surface area contributed by atoms with Crippen LogP contribution in [0.2, 0.25) is 0 Å². The van der Waals surface area contributed by atoms with E-state index >= 15 is 0 Å². The molecule has 0 fully saturated rings.